The lowest BCUT2D eigenvalue weighted by Crippen LogP contribution is -1.96. The fraction of sp³-hybridized carbons (Fsp3) is 1.00. The van der Waals surface area contributed by atoms with E-state index in [9.17, 15) is 0 Å². The largest absolute Gasteiger partial charge is 0.0654 e. The van der Waals surface area contributed by atoms with E-state index in [-0.39, 0.29) is 0 Å². The van der Waals surface area contributed by atoms with Crippen LogP contribution in [0, 0.1) is 17.8 Å². The third-order valence-electron chi connectivity index (χ3n) is 3.81. The predicted molar refractivity (Wildman–Crippen MR) is 53.1 cm³/mol. The second-order valence-electron chi connectivity index (χ2n) is 4.94. The van der Waals surface area contributed by atoms with E-state index in [0.717, 1.165) is 5.92 Å². The van der Waals surface area contributed by atoms with Crippen LogP contribution in [0.1, 0.15) is 58.3 Å². The first-order valence-electron chi connectivity index (χ1n) is 5.90. The Morgan fingerprint density at radius 3 is 2.33 bits per heavy atom. The Balaban J connectivity index is 1.50. The van der Waals surface area contributed by atoms with Gasteiger partial charge in [-0.25, -0.2) is 0 Å². The van der Waals surface area contributed by atoms with Crippen molar-refractivity contribution in [3.05, 3.63) is 0 Å². The molecule has 2 atom stereocenters. The van der Waals surface area contributed by atoms with Gasteiger partial charge in [0.25, 0.3) is 0 Å². The van der Waals surface area contributed by atoms with Crippen LogP contribution in [0.15, 0.2) is 0 Å². The van der Waals surface area contributed by atoms with Crippen LogP contribution in [0.3, 0.4) is 0 Å². The highest BCUT2D eigenvalue weighted by Gasteiger charge is 2.45. The molecule has 2 saturated carbocycles. The van der Waals surface area contributed by atoms with E-state index in [1.165, 1.54) is 37.5 Å². The van der Waals surface area contributed by atoms with Crippen LogP contribution in [0.2, 0.25) is 0 Å². The number of hydrogen-bond donors (Lipinski definition) is 0. The maximum Gasteiger partial charge on any atom is -0.0380 e. The van der Waals surface area contributed by atoms with Gasteiger partial charge in [-0.1, -0.05) is 39.0 Å². The molecule has 2 fully saturated rings. The van der Waals surface area contributed by atoms with Gasteiger partial charge in [-0.3, -0.25) is 0 Å². The lowest BCUT2D eigenvalue weighted by atomic mass is 9.96. The van der Waals surface area contributed by atoms with Crippen molar-refractivity contribution in [1.29, 1.82) is 0 Å². The molecular weight excluding hydrogens is 144 g/mol. The topological polar surface area (TPSA) is 0 Å². The molecule has 0 heteroatoms. The molecule has 0 nitrogen and oxygen atoms in total. The summed E-state index contributed by atoms with van der Waals surface area (Å²) < 4.78 is 0. The summed E-state index contributed by atoms with van der Waals surface area (Å²) in [5, 5.41) is 0. The zero-order valence-electron chi connectivity index (χ0n) is 8.39. The van der Waals surface area contributed by atoms with E-state index in [1.807, 2.05) is 0 Å². The van der Waals surface area contributed by atoms with Crippen LogP contribution >= 0.6 is 0 Å². The normalized spacial score (nSPS) is 38.2. The Morgan fingerprint density at radius 2 is 1.67 bits per heavy atom. The Kier molecular flexibility index (Phi) is 2.73. The van der Waals surface area contributed by atoms with Crippen molar-refractivity contribution in [2.24, 2.45) is 17.8 Å². The van der Waals surface area contributed by atoms with Gasteiger partial charge >= 0.3 is 0 Å². The van der Waals surface area contributed by atoms with Crippen LogP contribution < -0.4 is 0 Å². The minimum absolute atomic E-state index is 1.14. The molecular formula is C12H22. The SMILES string of the molecule is CCCCCCC1CC2CC2C1. The highest BCUT2D eigenvalue weighted by atomic mass is 14.5. The molecule has 0 N–H and O–H groups in total. The second-order valence-corrected chi connectivity index (χ2v) is 4.94. The number of hydrogen-bond acceptors (Lipinski definition) is 0. The third kappa shape index (κ3) is 2.02. The van der Waals surface area contributed by atoms with Crippen LogP contribution in [-0.4, -0.2) is 0 Å². The summed E-state index contributed by atoms with van der Waals surface area (Å²) in [4.78, 5) is 0. The highest BCUT2D eigenvalue weighted by Crippen LogP contribution is 2.55. The molecule has 0 bridgehead atoms. The minimum Gasteiger partial charge on any atom is -0.0654 e. The first-order chi connectivity index (χ1) is 5.90. The highest BCUT2D eigenvalue weighted by molar-refractivity contribution is 4.95. The van der Waals surface area contributed by atoms with Gasteiger partial charge in [0.2, 0.25) is 0 Å². The van der Waals surface area contributed by atoms with Gasteiger partial charge in [0.1, 0.15) is 0 Å². The van der Waals surface area contributed by atoms with Gasteiger partial charge in [-0.15, -0.1) is 0 Å². The van der Waals surface area contributed by atoms with E-state index in [1.54, 1.807) is 25.7 Å². The zero-order valence-corrected chi connectivity index (χ0v) is 8.39. The van der Waals surface area contributed by atoms with Crippen molar-refractivity contribution in [1.82, 2.24) is 0 Å². The Hall–Kier alpha value is 0. The Bertz CT molecular complexity index is 129. The molecule has 2 rings (SSSR count). The Morgan fingerprint density at radius 1 is 0.917 bits per heavy atom. The van der Waals surface area contributed by atoms with E-state index < -0.39 is 0 Å². The second kappa shape index (κ2) is 3.81. The molecule has 2 unspecified atom stereocenters. The van der Waals surface area contributed by atoms with Crippen LogP contribution in [0.4, 0.5) is 0 Å². The monoisotopic (exact) mass is 166 g/mol. The van der Waals surface area contributed by atoms with E-state index in [0.29, 0.717) is 0 Å². The summed E-state index contributed by atoms with van der Waals surface area (Å²) in [6.07, 6.45) is 12.2. The average Bonchev–Trinajstić information content (AvgIpc) is 2.69. The smallest absolute Gasteiger partial charge is 0.0380 e. The fourth-order valence-corrected chi connectivity index (χ4v) is 2.94. The molecule has 0 heterocycles. The van der Waals surface area contributed by atoms with Crippen molar-refractivity contribution >= 4 is 0 Å². The van der Waals surface area contributed by atoms with E-state index in [4.69, 9.17) is 0 Å². The van der Waals surface area contributed by atoms with Gasteiger partial charge < -0.3 is 0 Å². The molecule has 12 heavy (non-hydrogen) atoms. The molecule has 2 aliphatic carbocycles. The summed E-state index contributed by atoms with van der Waals surface area (Å²) >= 11 is 0. The van der Waals surface area contributed by atoms with Gasteiger partial charge in [-0.2, -0.15) is 0 Å². The lowest BCUT2D eigenvalue weighted by Gasteiger charge is -2.10. The average molecular weight is 166 g/mol. The van der Waals surface area contributed by atoms with Gasteiger partial charge in [0.15, 0.2) is 0 Å². The lowest BCUT2D eigenvalue weighted by molar-refractivity contribution is 0.427. The maximum atomic E-state index is 2.30. The molecule has 0 aromatic carbocycles. The van der Waals surface area contributed by atoms with Crippen LogP contribution in [0.25, 0.3) is 0 Å². The molecule has 0 radical (unpaired) electrons. The summed E-state index contributed by atoms with van der Waals surface area (Å²) in [6.45, 7) is 2.30. The molecule has 0 aromatic rings. The molecule has 70 valence electrons. The van der Waals surface area contributed by atoms with E-state index >= 15 is 0 Å². The predicted octanol–water partition coefficient (Wildman–Crippen LogP) is 4.00. The summed E-state index contributed by atoms with van der Waals surface area (Å²) in [5.41, 5.74) is 0. The summed E-state index contributed by atoms with van der Waals surface area (Å²) in [7, 11) is 0. The third-order valence-corrected chi connectivity index (χ3v) is 3.81. The molecule has 2 aliphatic rings. The number of rotatable bonds is 5. The number of fused-ring (bicyclic) bond motifs is 1. The van der Waals surface area contributed by atoms with Crippen molar-refractivity contribution in [3.63, 3.8) is 0 Å². The van der Waals surface area contributed by atoms with E-state index in [2.05, 4.69) is 6.92 Å². The first kappa shape index (κ1) is 8.59. The molecule has 0 aliphatic heterocycles. The van der Waals surface area contributed by atoms with Gasteiger partial charge in [0.05, 0.1) is 0 Å². The van der Waals surface area contributed by atoms with Gasteiger partial charge in [0, 0.05) is 0 Å². The van der Waals surface area contributed by atoms with Crippen LogP contribution in [-0.2, 0) is 0 Å². The fourth-order valence-electron chi connectivity index (χ4n) is 2.94. The zero-order chi connectivity index (χ0) is 8.39. The molecule has 0 amide bonds. The number of unbranched alkanes of at least 4 members (excludes halogenated alkanes) is 3. The van der Waals surface area contributed by atoms with Gasteiger partial charge in [-0.05, 0) is 37.0 Å². The first-order valence-corrected chi connectivity index (χ1v) is 5.90. The Labute approximate surface area is 76.7 Å². The van der Waals surface area contributed by atoms with Crippen molar-refractivity contribution in [2.75, 3.05) is 0 Å². The standard InChI is InChI=1S/C12H22/c1-2-3-4-5-6-10-7-11-9-12(11)8-10/h10-12H,2-9H2,1H3. The minimum atomic E-state index is 1.14. The molecule has 0 spiro atoms. The van der Waals surface area contributed by atoms with Crippen molar-refractivity contribution < 1.29 is 0 Å². The van der Waals surface area contributed by atoms with Crippen LogP contribution in [0.5, 0.6) is 0 Å². The molecule has 0 aromatic heterocycles. The maximum absolute atomic E-state index is 2.30. The molecule has 0 saturated heterocycles. The van der Waals surface area contributed by atoms with Crippen molar-refractivity contribution in [2.45, 2.75) is 58.3 Å². The van der Waals surface area contributed by atoms with Crippen molar-refractivity contribution in [3.8, 4) is 0 Å². The quantitative estimate of drug-likeness (QED) is 0.541. The summed E-state index contributed by atoms with van der Waals surface area (Å²) in [5.74, 6) is 3.54. The summed E-state index contributed by atoms with van der Waals surface area (Å²) in [6, 6.07) is 0.